The molecule has 0 aliphatic carbocycles. The molecule has 0 saturated carbocycles. The summed E-state index contributed by atoms with van der Waals surface area (Å²) in [6.07, 6.45) is 0. The lowest BCUT2D eigenvalue weighted by Crippen LogP contribution is -2.29. The van der Waals surface area contributed by atoms with Crippen LogP contribution in [0.4, 0.5) is 4.39 Å². The number of carbonyl (C=O) groups excluding carboxylic acids is 2. The summed E-state index contributed by atoms with van der Waals surface area (Å²) >= 11 is 0. The fourth-order valence-electron chi connectivity index (χ4n) is 4.35. The van der Waals surface area contributed by atoms with E-state index in [0.29, 0.717) is 27.7 Å². The van der Waals surface area contributed by atoms with Crippen molar-refractivity contribution in [1.82, 2.24) is 4.90 Å². The Morgan fingerprint density at radius 1 is 1.03 bits per heavy atom. The number of esters is 1. The molecule has 0 bridgehead atoms. The maximum Gasteiger partial charge on any atom is 0.337 e. The fraction of sp³-hybridized carbons (Fsp3) is 0.148. The van der Waals surface area contributed by atoms with E-state index in [1.165, 1.54) is 24.1 Å². The van der Waals surface area contributed by atoms with Crippen LogP contribution in [0.25, 0.3) is 11.0 Å². The number of ether oxygens (including phenoxy) is 1. The van der Waals surface area contributed by atoms with Crippen LogP contribution in [0, 0.1) is 12.7 Å². The van der Waals surface area contributed by atoms with Crippen molar-refractivity contribution >= 4 is 22.8 Å². The summed E-state index contributed by atoms with van der Waals surface area (Å²) in [5, 5.41) is 0.395. The number of carbonyl (C=O) groups is 2. The number of benzene rings is 3. The van der Waals surface area contributed by atoms with Crippen LogP contribution in [-0.2, 0) is 11.3 Å². The van der Waals surface area contributed by atoms with E-state index >= 15 is 0 Å². The molecule has 1 amide bonds. The first-order valence-electron chi connectivity index (χ1n) is 10.7. The third kappa shape index (κ3) is 3.55. The Morgan fingerprint density at radius 3 is 2.41 bits per heavy atom. The zero-order valence-electron chi connectivity index (χ0n) is 18.5. The Morgan fingerprint density at radius 2 is 1.74 bits per heavy atom. The molecule has 0 fully saturated rings. The minimum Gasteiger partial charge on any atom is -0.465 e. The van der Waals surface area contributed by atoms with Crippen molar-refractivity contribution in [3.63, 3.8) is 0 Å². The molecule has 7 heteroatoms. The summed E-state index contributed by atoms with van der Waals surface area (Å²) in [5.41, 5.74) is 2.89. The van der Waals surface area contributed by atoms with Crippen LogP contribution >= 0.6 is 0 Å². The number of methoxy groups -OCH3 is 1. The molecule has 1 aliphatic rings. The molecular weight excluding hydrogens is 437 g/mol. The lowest BCUT2D eigenvalue weighted by Gasteiger charge is -2.25. The number of rotatable bonds is 4. The fourth-order valence-corrected chi connectivity index (χ4v) is 4.35. The highest BCUT2D eigenvalue weighted by molar-refractivity contribution is 5.99. The molecule has 0 N–H and O–H groups in total. The number of nitrogens with zero attached hydrogens (tertiary/aromatic N) is 1. The van der Waals surface area contributed by atoms with Gasteiger partial charge in [-0.05, 0) is 54.4 Å². The number of amides is 1. The molecule has 0 spiro atoms. The highest BCUT2D eigenvalue weighted by Gasteiger charge is 2.42. The first-order valence-corrected chi connectivity index (χ1v) is 10.7. The van der Waals surface area contributed by atoms with Gasteiger partial charge in [-0.15, -0.1) is 0 Å². The Bertz CT molecular complexity index is 1490. The lowest BCUT2D eigenvalue weighted by atomic mass is 9.97. The van der Waals surface area contributed by atoms with Gasteiger partial charge < -0.3 is 14.1 Å². The third-order valence-corrected chi connectivity index (χ3v) is 6.03. The molecule has 1 unspecified atom stereocenters. The average Bonchev–Trinajstić information content (AvgIpc) is 3.12. The Kier molecular flexibility index (Phi) is 5.24. The van der Waals surface area contributed by atoms with Gasteiger partial charge in [-0.25, -0.2) is 9.18 Å². The van der Waals surface area contributed by atoms with Crippen molar-refractivity contribution in [2.75, 3.05) is 7.11 Å². The lowest BCUT2D eigenvalue weighted by molar-refractivity contribution is 0.0599. The number of aryl methyl sites for hydroxylation is 1. The summed E-state index contributed by atoms with van der Waals surface area (Å²) in [5.74, 6) is -1.31. The topological polar surface area (TPSA) is 76.8 Å². The van der Waals surface area contributed by atoms with Gasteiger partial charge in [-0.3, -0.25) is 9.59 Å². The highest BCUT2D eigenvalue weighted by Crippen LogP contribution is 2.39. The Hall–Kier alpha value is -4.26. The second-order valence-corrected chi connectivity index (χ2v) is 8.25. The molecule has 3 aromatic carbocycles. The normalized spacial score (nSPS) is 15.0. The van der Waals surface area contributed by atoms with Crippen molar-refractivity contribution < 1.29 is 23.1 Å². The third-order valence-electron chi connectivity index (χ3n) is 6.03. The van der Waals surface area contributed by atoms with E-state index in [2.05, 4.69) is 0 Å². The van der Waals surface area contributed by atoms with Crippen molar-refractivity contribution in [1.29, 1.82) is 0 Å². The molecule has 4 aromatic rings. The quantitative estimate of drug-likeness (QED) is 0.413. The number of halogens is 1. The van der Waals surface area contributed by atoms with Gasteiger partial charge >= 0.3 is 5.97 Å². The van der Waals surface area contributed by atoms with Crippen LogP contribution in [0.5, 0.6) is 0 Å². The van der Waals surface area contributed by atoms with E-state index in [1.807, 2.05) is 13.0 Å². The molecule has 6 nitrogen and oxygen atoms in total. The number of hydrogen-bond acceptors (Lipinski definition) is 5. The van der Waals surface area contributed by atoms with Crippen LogP contribution in [0.3, 0.4) is 0 Å². The summed E-state index contributed by atoms with van der Waals surface area (Å²) < 4.78 is 24.1. The molecule has 0 saturated heterocycles. The molecule has 34 heavy (non-hydrogen) atoms. The second kappa shape index (κ2) is 8.26. The predicted molar refractivity (Wildman–Crippen MR) is 123 cm³/mol. The van der Waals surface area contributed by atoms with Gasteiger partial charge in [0.1, 0.15) is 11.4 Å². The van der Waals surface area contributed by atoms with Gasteiger partial charge in [0.2, 0.25) is 5.76 Å². The number of hydrogen-bond donors (Lipinski definition) is 0. The SMILES string of the molecule is COC(=O)c1ccc(C2c3c(oc4ccc(C)cc4c3=O)C(=O)N2Cc2ccc(F)cc2)cc1. The molecule has 2 heterocycles. The van der Waals surface area contributed by atoms with Gasteiger partial charge in [0.15, 0.2) is 5.43 Å². The van der Waals surface area contributed by atoms with Crippen molar-refractivity contribution in [3.8, 4) is 0 Å². The van der Waals surface area contributed by atoms with E-state index in [-0.39, 0.29) is 29.1 Å². The van der Waals surface area contributed by atoms with E-state index in [9.17, 15) is 18.8 Å². The van der Waals surface area contributed by atoms with Crippen molar-refractivity contribution in [3.05, 3.63) is 116 Å². The maximum atomic E-state index is 13.6. The molecule has 1 aliphatic heterocycles. The maximum absolute atomic E-state index is 13.6. The van der Waals surface area contributed by atoms with Crippen LogP contribution in [0.1, 0.15) is 49.2 Å². The molecule has 1 atom stereocenters. The van der Waals surface area contributed by atoms with E-state index in [4.69, 9.17) is 9.15 Å². The molecule has 1 aromatic heterocycles. The van der Waals surface area contributed by atoms with Crippen molar-refractivity contribution in [2.24, 2.45) is 0 Å². The van der Waals surface area contributed by atoms with E-state index in [1.54, 1.807) is 48.5 Å². The highest BCUT2D eigenvalue weighted by atomic mass is 19.1. The van der Waals surface area contributed by atoms with Gasteiger partial charge in [0.05, 0.1) is 29.7 Å². The monoisotopic (exact) mass is 457 g/mol. The van der Waals surface area contributed by atoms with Crippen molar-refractivity contribution in [2.45, 2.75) is 19.5 Å². The molecule has 5 rings (SSSR count). The summed E-state index contributed by atoms with van der Waals surface area (Å²) in [7, 11) is 1.30. The van der Waals surface area contributed by atoms with Gasteiger partial charge in [-0.1, -0.05) is 35.9 Å². The second-order valence-electron chi connectivity index (χ2n) is 8.25. The summed E-state index contributed by atoms with van der Waals surface area (Å²) in [4.78, 5) is 40.5. The van der Waals surface area contributed by atoms with Crippen LogP contribution in [0.2, 0.25) is 0 Å². The molecule has 170 valence electrons. The number of fused-ring (bicyclic) bond motifs is 2. The van der Waals surface area contributed by atoms with Gasteiger partial charge in [0, 0.05) is 6.54 Å². The van der Waals surface area contributed by atoms with E-state index in [0.717, 1.165) is 5.56 Å². The van der Waals surface area contributed by atoms with Gasteiger partial charge in [0.25, 0.3) is 5.91 Å². The molecular formula is C27H20FNO5. The van der Waals surface area contributed by atoms with Crippen LogP contribution < -0.4 is 5.43 Å². The predicted octanol–water partition coefficient (Wildman–Crippen LogP) is 4.77. The summed E-state index contributed by atoms with van der Waals surface area (Å²) in [6, 6.07) is 16.9. The first-order chi connectivity index (χ1) is 16.4. The van der Waals surface area contributed by atoms with Crippen LogP contribution in [-0.4, -0.2) is 23.9 Å². The smallest absolute Gasteiger partial charge is 0.337 e. The minimum absolute atomic E-state index is 0.00879. The van der Waals surface area contributed by atoms with E-state index < -0.39 is 17.9 Å². The summed E-state index contributed by atoms with van der Waals surface area (Å²) in [6.45, 7) is 2.02. The zero-order valence-corrected chi connectivity index (χ0v) is 18.5. The Labute approximate surface area is 194 Å². The van der Waals surface area contributed by atoms with Gasteiger partial charge in [-0.2, -0.15) is 0 Å². The minimum atomic E-state index is -0.736. The largest absolute Gasteiger partial charge is 0.465 e. The first kappa shape index (κ1) is 21.6. The standard InChI is InChI=1S/C27H20FNO5/c1-15-3-12-21-20(13-15)24(30)22-23(17-6-8-18(9-7-17)27(32)33-2)29(26(31)25(22)34-21)14-16-4-10-19(28)11-5-16/h3-13,23H,14H2,1-2H3. The van der Waals surface area contributed by atoms with Crippen LogP contribution in [0.15, 0.2) is 75.9 Å². The molecule has 0 radical (unpaired) electrons. The average molecular weight is 457 g/mol. The zero-order chi connectivity index (χ0) is 24.0. The Balaban J connectivity index is 1.68.